The summed E-state index contributed by atoms with van der Waals surface area (Å²) in [6.45, 7) is 4.35. The lowest BCUT2D eigenvalue weighted by Crippen LogP contribution is -2.49. The third kappa shape index (κ3) is 5.96. The lowest BCUT2D eigenvalue weighted by atomic mass is 9.85. The van der Waals surface area contributed by atoms with Gasteiger partial charge in [0.25, 0.3) is 0 Å². The molecule has 2 aliphatic rings. The Morgan fingerprint density at radius 3 is 2.60 bits per heavy atom. The zero-order valence-electron chi connectivity index (χ0n) is 20.6. The van der Waals surface area contributed by atoms with Crippen molar-refractivity contribution in [1.29, 1.82) is 0 Å². The number of aliphatic hydroxyl groups excluding tert-OH is 1. The van der Waals surface area contributed by atoms with Crippen LogP contribution in [0.15, 0.2) is 53.4 Å². The molecule has 1 heterocycles. The molecule has 0 saturated heterocycles. The van der Waals surface area contributed by atoms with E-state index >= 15 is 0 Å². The lowest BCUT2D eigenvalue weighted by Gasteiger charge is -2.36. The molecule has 0 bridgehead atoms. The Morgan fingerprint density at radius 1 is 1.14 bits per heavy atom. The number of ether oxygens (including phenoxy) is 1. The minimum absolute atomic E-state index is 0.0867. The van der Waals surface area contributed by atoms with E-state index < -0.39 is 28.8 Å². The predicted molar refractivity (Wildman–Crippen MR) is 137 cm³/mol. The minimum atomic E-state index is -1.22. The first-order chi connectivity index (χ1) is 16.8. The molecule has 6 atom stereocenters. The Morgan fingerprint density at radius 2 is 1.91 bits per heavy atom. The summed E-state index contributed by atoms with van der Waals surface area (Å²) >= 11 is 0. The maximum atomic E-state index is 13.8. The average molecular weight is 500 g/mol. The van der Waals surface area contributed by atoms with E-state index in [1.54, 1.807) is 0 Å². The molecule has 5 unspecified atom stereocenters. The molecule has 1 saturated carbocycles. The highest BCUT2D eigenvalue weighted by atomic mass is 32.2. The van der Waals surface area contributed by atoms with Gasteiger partial charge in [-0.1, -0.05) is 63.1 Å². The van der Waals surface area contributed by atoms with Crippen LogP contribution in [0.25, 0.3) is 0 Å². The van der Waals surface area contributed by atoms with E-state index in [1.807, 2.05) is 36.4 Å². The summed E-state index contributed by atoms with van der Waals surface area (Å²) in [5.74, 6) is -0.411. The van der Waals surface area contributed by atoms with Crippen molar-refractivity contribution < 1.29 is 24.0 Å². The molecule has 2 aromatic rings. The van der Waals surface area contributed by atoms with Crippen LogP contribution in [0.1, 0.15) is 76.0 Å². The van der Waals surface area contributed by atoms with Crippen LogP contribution in [-0.2, 0) is 15.6 Å². The summed E-state index contributed by atoms with van der Waals surface area (Å²) in [7, 11) is -1.22. The SMILES string of the molecule is CCCCC1(CC)CS(=O)c2cc(O[C@H]3CC(O)CC(C(=O)O)C3)ccc2C(c2ccccc2)N1. The van der Waals surface area contributed by atoms with Crippen LogP contribution >= 0.6 is 0 Å². The van der Waals surface area contributed by atoms with E-state index in [-0.39, 0.29) is 24.1 Å². The van der Waals surface area contributed by atoms with Gasteiger partial charge in [-0.3, -0.25) is 14.3 Å². The maximum Gasteiger partial charge on any atom is 0.306 e. The fraction of sp³-hybridized carbons (Fsp3) is 0.536. The van der Waals surface area contributed by atoms with E-state index in [0.717, 1.165) is 41.7 Å². The topological polar surface area (TPSA) is 95.9 Å². The molecule has 1 aliphatic carbocycles. The highest BCUT2D eigenvalue weighted by molar-refractivity contribution is 7.85. The number of hydrogen-bond acceptors (Lipinski definition) is 5. The normalized spacial score (nSPS) is 30.8. The van der Waals surface area contributed by atoms with Crippen molar-refractivity contribution >= 4 is 16.8 Å². The van der Waals surface area contributed by atoms with Gasteiger partial charge >= 0.3 is 5.97 Å². The monoisotopic (exact) mass is 499 g/mol. The van der Waals surface area contributed by atoms with Crippen LogP contribution in [0.3, 0.4) is 0 Å². The largest absolute Gasteiger partial charge is 0.490 e. The number of aliphatic carboxylic acids is 1. The third-order valence-corrected chi connectivity index (χ3v) is 9.17. The molecule has 4 rings (SSSR count). The van der Waals surface area contributed by atoms with Gasteiger partial charge in [-0.05, 0) is 48.9 Å². The molecular weight excluding hydrogens is 462 g/mol. The van der Waals surface area contributed by atoms with Crippen LogP contribution in [0, 0.1) is 5.92 Å². The minimum Gasteiger partial charge on any atom is -0.490 e. The number of benzene rings is 2. The van der Waals surface area contributed by atoms with Gasteiger partial charge in [0.05, 0.1) is 28.9 Å². The summed E-state index contributed by atoms with van der Waals surface area (Å²) in [6.07, 6.45) is 3.93. The van der Waals surface area contributed by atoms with Gasteiger partial charge in [0.2, 0.25) is 0 Å². The van der Waals surface area contributed by atoms with E-state index in [0.29, 0.717) is 24.3 Å². The number of nitrogens with one attached hydrogen (secondary N) is 1. The van der Waals surface area contributed by atoms with Gasteiger partial charge < -0.3 is 14.9 Å². The Labute approximate surface area is 210 Å². The molecule has 0 radical (unpaired) electrons. The first-order valence-electron chi connectivity index (χ1n) is 12.8. The maximum absolute atomic E-state index is 13.8. The number of fused-ring (bicyclic) bond motifs is 1. The quantitative estimate of drug-likeness (QED) is 0.482. The molecule has 190 valence electrons. The van der Waals surface area contributed by atoms with Crippen LogP contribution in [-0.4, -0.2) is 43.9 Å². The molecule has 1 aliphatic heterocycles. The highest BCUT2D eigenvalue weighted by Crippen LogP contribution is 2.39. The Balaban J connectivity index is 1.67. The number of rotatable bonds is 8. The smallest absolute Gasteiger partial charge is 0.306 e. The molecule has 0 amide bonds. The number of hydrogen-bond donors (Lipinski definition) is 3. The van der Waals surface area contributed by atoms with Gasteiger partial charge in [-0.25, -0.2) is 0 Å². The second-order valence-corrected chi connectivity index (χ2v) is 11.5. The molecule has 3 N–H and O–H groups in total. The van der Waals surface area contributed by atoms with Crippen molar-refractivity contribution in [2.45, 2.75) is 87.5 Å². The van der Waals surface area contributed by atoms with Gasteiger partial charge in [0.1, 0.15) is 11.9 Å². The summed E-state index contributed by atoms with van der Waals surface area (Å²) < 4.78 is 19.9. The van der Waals surface area contributed by atoms with Crippen molar-refractivity contribution in [1.82, 2.24) is 5.32 Å². The molecule has 1 fully saturated rings. The van der Waals surface area contributed by atoms with E-state index in [2.05, 4.69) is 31.3 Å². The molecule has 7 heteroatoms. The van der Waals surface area contributed by atoms with Gasteiger partial charge in [-0.15, -0.1) is 0 Å². The molecule has 0 aromatic heterocycles. The summed E-state index contributed by atoms with van der Waals surface area (Å²) in [4.78, 5) is 12.3. The third-order valence-electron chi connectivity index (χ3n) is 7.51. The van der Waals surface area contributed by atoms with E-state index in [4.69, 9.17) is 4.74 Å². The zero-order valence-corrected chi connectivity index (χ0v) is 21.4. The standard InChI is InChI=1S/C28H37NO5S/c1-3-5-13-28(4-2)18-35(33)25-17-22(34-23-15-20(27(31)32)14-21(30)16-23)11-12-24(25)26(29-28)19-9-7-6-8-10-19/h6-12,17,20-21,23,26,29-30H,3-5,13-16,18H2,1-2H3,(H,31,32)/t20?,21?,23-,26?,28?,35?/m1/s1. The van der Waals surface area contributed by atoms with Gasteiger partial charge in [0, 0.05) is 22.6 Å². The average Bonchev–Trinajstić information content (AvgIpc) is 2.97. The van der Waals surface area contributed by atoms with E-state index in [1.165, 1.54) is 0 Å². The van der Waals surface area contributed by atoms with Crippen molar-refractivity contribution in [2.75, 3.05) is 5.75 Å². The van der Waals surface area contributed by atoms with Crippen molar-refractivity contribution in [3.05, 3.63) is 59.7 Å². The van der Waals surface area contributed by atoms with Crippen LogP contribution in [0.5, 0.6) is 5.75 Å². The number of unbranched alkanes of at least 4 members (excludes halogenated alkanes) is 1. The summed E-state index contributed by atoms with van der Waals surface area (Å²) in [5, 5.41) is 23.5. The van der Waals surface area contributed by atoms with Crippen molar-refractivity contribution in [2.24, 2.45) is 5.92 Å². The Kier molecular flexibility index (Phi) is 8.30. The highest BCUT2D eigenvalue weighted by Gasteiger charge is 2.39. The van der Waals surface area contributed by atoms with Crippen LogP contribution in [0.4, 0.5) is 0 Å². The Bertz CT molecular complexity index is 1040. The first-order valence-corrected chi connectivity index (χ1v) is 14.1. The van der Waals surface area contributed by atoms with Crippen LogP contribution in [0.2, 0.25) is 0 Å². The van der Waals surface area contributed by atoms with Crippen molar-refractivity contribution in [3.8, 4) is 5.75 Å². The molecule has 6 nitrogen and oxygen atoms in total. The molecule has 2 aromatic carbocycles. The summed E-state index contributed by atoms with van der Waals surface area (Å²) in [6, 6.07) is 15.9. The molecule has 0 spiro atoms. The fourth-order valence-electron chi connectivity index (χ4n) is 5.45. The van der Waals surface area contributed by atoms with Gasteiger partial charge in [0.15, 0.2) is 0 Å². The number of carboxylic acid groups (broad SMARTS) is 1. The predicted octanol–water partition coefficient (Wildman–Crippen LogP) is 4.82. The van der Waals surface area contributed by atoms with Gasteiger partial charge in [-0.2, -0.15) is 0 Å². The van der Waals surface area contributed by atoms with Crippen LogP contribution < -0.4 is 10.1 Å². The van der Waals surface area contributed by atoms with Crippen molar-refractivity contribution in [3.63, 3.8) is 0 Å². The molecular formula is C28H37NO5S. The Hall–Kier alpha value is -2.22. The number of aliphatic hydroxyl groups is 1. The second-order valence-electron chi connectivity index (χ2n) is 10.1. The van der Waals surface area contributed by atoms with E-state index in [9.17, 15) is 19.2 Å². The summed E-state index contributed by atoms with van der Waals surface area (Å²) in [5.41, 5.74) is 1.89. The zero-order chi connectivity index (χ0) is 25.0. The lowest BCUT2D eigenvalue weighted by molar-refractivity contribution is -0.145. The first kappa shape index (κ1) is 25.9. The number of carbonyl (C=O) groups is 1. The number of carboxylic acids is 1. The fourth-order valence-corrected chi connectivity index (χ4v) is 7.24. The second kappa shape index (κ2) is 11.2. The molecule has 35 heavy (non-hydrogen) atoms.